The van der Waals surface area contributed by atoms with Crippen LogP contribution in [-0.2, 0) is 20.1 Å². The Hall–Kier alpha value is -3.34. The lowest BCUT2D eigenvalue weighted by molar-refractivity contribution is 0.0979. The lowest BCUT2D eigenvalue weighted by atomic mass is 9.84. The topological polar surface area (TPSA) is 135 Å². The van der Waals surface area contributed by atoms with Gasteiger partial charge >= 0.3 is 0 Å². The predicted molar refractivity (Wildman–Crippen MR) is 107 cm³/mol. The molecule has 10 heteroatoms. The molecule has 0 heterocycles. The van der Waals surface area contributed by atoms with Crippen LogP contribution < -0.4 is 4.72 Å². The Balaban J connectivity index is 1.70. The van der Waals surface area contributed by atoms with Crippen molar-refractivity contribution in [3.63, 3.8) is 0 Å². The van der Waals surface area contributed by atoms with Gasteiger partial charge in [0.25, 0.3) is 20.1 Å². The van der Waals surface area contributed by atoms with Gasteiger partial charge in [0.2, 0.25) is 0 Å². The van der Waals surface area contributed by atoms with E-state index in [9.17, 15) is 26.4 Å². The van der Waals surface area contributed by atoms with Crippen molar-refractivity contribution in [3.8, 4) is 0 Å². The van der Waals surface area contributed by atoms with Gasteiger partial charge in [-0.05, 0) is 42.5 Å². The highest BCUT2D eigenvalue weighted by molar-refractivity contribution is 7.92. The molecule has 0 radical (unpaired) electrons. The Morgan fingerprint density at radius 3 is 1.70 bits per heavy atom. The van der Waals surface area contributed by atoms with Crippen molar-refractivity contribution in [2.24, 2.45) is 0 Å². The molecule has 0 atom stereocenters. The maximum atomic E-state index is 12.8. The molecule has 0 saturated heterocycles. The highest BCUT2D eigenvalue weighted by Crippen LogP contribution is 2.29. The van der Waals surface area contributed by atoms with Crippen LogP contribution in [0.3, 0.4) is 0 Å². The molecule has 0 saturated carbocycles. The quantitative estimate of drug-likeness (QED) is 0.463. The van der Waals surface area contributed by atoms with Gasteiger partial charge in [-0.1, -0.05) is 24.3 Å². The number of hydrogen-bond donors (Lipinski definition) is 2. The largest absolute Gasteiger partial charge is 0.294 e. The summed E-state index contributed by atoms with van der Waals surface area (Å²) >= 11 is 0. The first-order valence-corrected chi connectivity index (χ1v) is 11.4. The molecule has 30 heavy (non-hydrogen) atoms. The number of fused-ring (bicyclic) bond motifs is 2. The van der Waals surface area contributed by atoms with Crippen molar-refractivity contribution in [2.75, 3.05) is 4.72 Å². The SMILES string of the molecule is O=C1c2ccccc2C(=O)c2cc(S(=O)(=O)Nc3ccc(S(=O)(=O)O)cc3)ccc21. The Morgan fingerprint density at radius 1 is 0.633 bits per heavy atom. The van der Waals surface area contributed by atoms with Crippen LogP contribution in [-0.4, -0.2) is 33.0 Å². The normalized spacial score (nSPS) is 13.5. The van der Waals surface area contributed by atoms with Crippen molar-refractivity contribution in [1.29, 1.82) is 0 Å². The molecule has 0 spiro atoms. The van der Waals surface area contributed by atoms with Crippen LogP contribution in [0, 0.1) is 0 Å². The molecule has 0 unspecified atom stereocenters. The van der Waals surface area contributed by atoms with E-state index >= 15 is 0 Å². The van der Waals surface area contributed by atoms with Crippen molar-refractivity contribution in [2.45, 2.75) is 9.79 Å². The van der Waals surface area contributed by atoms with Crippen LogP contribution in [0.25, 0.3) is 0 Å². The van der Waals surface area contributed by atoms with Crippen molar-refractivity contribution < 1.29 is 31.0 Å². The first-order valence-electron chi connectivity index (χ1n) is 8.51. The monoisotopic (exact) mass is 443 g/mol. The number of hydrogen-bond acceptors (Lipinski definition) is 6. The fraction of sp³-hybridized carbons (Fsp3) is 0. The molecule has 0 aliphatic heterocycles. The molecule has 0 bridgehead atoms. The van der Waals surface area contributed by atoms with Gasteiger partial charge in [0, 0.05) is 27.9 Å². The molecule has 2 N–H and O–H groups in total. The average Bonchev–Trinajstić information content (AvgIpc) is 2.71. The van der Waals surface area contributed by atoms with Gasteiger partial charge < -0.3 is 0 Å². The number of nitrogens with one attached hydrogen (secondary N) is 1. The summed E-state index contributed by atoms with van der Waals surface area (Å²) in [6.45, 7) is 0. The molecule has 3 aromatic carbocycles. The van der Waals surface area contributed by atoms with E-state index in [1.165, 1.54) is 30.3 Å². The van der Waals surface area contributed by atoms with E-state index in [-0.39, 0.29) is 43.5 Å². The zero-order valence-corrected chi connectivity index (χ0v) is 16.7. The molecular formula is C20H13NO7S2. The number of carbonyl (C=O) groups is 2. The molecule has 152 valence electrons. The molecule has 0 aromatic heterocycles. The fourth-order valence-electron chi connectivity index (χ4n) is 3.15. The standard InChI is InChI=1S/C20H13NO7S2/c22-19-15-3-1-2-4-16(15)20(23)18-11-14(9-10-17(18)19)29(24,25)21-12-5-7-13(8-6-12)30(26,27)28/h1-11,21H,(H,26,27,28). The van der Waals surface area contributed by atoms with Gasteiger partial charge in [-0.2, -0.15) is 8.42 Å². The first kappa shape index (κ1) is 20.0. The van der Waals surface area contributed by atoms with Crippen LogP contribution in [0.1, 0.15) is 31.8 Å². The Morgan fingerprint density at radius 2 is 1.13 bits per heavy atom. The molecule has 8 nitrogen and oxygen atoms in total. The van der Waals surface area contributed by atoms with E-state index in [1.807, 2.05) is 0 Å². The minimum absolute atomic E-state index is 0.0108. The third-order valence-electron chi connectivity index (χ3n) is 4.61. The minimum Gasteiger partial charge on any atom is -0.289 e. The van der Waals surface area contributed by atoms with Crippen LogP contribution in [0.5, 0.6) is 0 Å². The van der Waals surface area contributed by atoms with Gasteiger partial charge in [0.15, 0.2) is 11.6 Å². The minimum atomic E-state index is -4.41. The number of carbonyl (C=O) groups excluding carboxylic acids is 2. The van der Waals surface area contributed by atoms with E-state index < -0.39 is 25.9 Å². The summed E-state index contributed by atoms with van der Waals surface area (Å²) in [5, 5.41) is 0. The van der Waals surface area contributed by atoms with Crippen LogP contribution in [0.4, 0.5) is 5.69 Å². The maximum Gasteiger partial charge on any atom is 0.294 e. The number of sulfonamides is 1. The van der Waals surface area contributed by atoms with E-state index in [2.05, 4.69) is 4.72 Å². The zero-order valence-electron chi connectivity index (χ0n) is 15.1. The Kier molecular flexibility index (Phi) is 4.57. The summed E-state index contributed by atoms with van der Waals surface area (Å²) in [5.41, 5.74) is 0.632. The van der Waals surface area contributed by atoms with Gasteiger partial charge in [0.05, 0.1) is 9.79 Å². The summed E-state index contributed by atoms with van der Waals surface area (Å²) in [7, 11) is -8.55. The smallest absolute Gasteiger partial charge is 0.289 e. The second kappa shape index (κ2) is 6.87. The number of benzene rings is 3. The second-order valence-corrected chi connectivity index (χ2v) is 9.62. The highest BCUT2D eigenvalue weighted by Gasteiger charge is 2.30. The molecule has 3 aromatic rings. The van der Waals surface area contributed by atoms with Gasteiger partial charge in [-0.15, -0.1) is 0 Å². The molecule has 0 amide bonds. The summed E-state index contributed by atoms with van der Waals surface area (Å²) < 4.78 is 58.9. The molecule has 4 rings (SSSR count). The average molecular weight is 443 g/mol. The van der Waals surface area contributed by atoms with Crippen LogP contribution in [0.15, 0.2) is 76.5 Å². The number of ketones is 2. The van der Waals surface area contributed by atoms with Crippen molar-refractivity contribution in [1.82, 2.24) is 0 Å². The number of rotatable bonds is 4. The fourth-order valence-corrected chi connectivity index (χ4v) is 4.72. The summed E-state index contributed by atoms with van der Waals surface area (Å²) in [5.74, 6) is -0.812. The summed E-state index contributed by atoms with van der Waals surface area (Å²) in [6, 6.07) is 14.4. The van der Waals surface area contributed by atoms with Gasteiger partial charge in [0.1, 0.15) is 0 Å². The third kappa shape index (κ3) is 3.41. The lowest BCUT2D eigenvalue weighted by Gasteiger charge is -2.18. The Bertz CT molecular complexity index is 1420. The Labute approximate surface area is 172 Å². The van der Waals surface area contributed by atoms with E-state index in [1.54, 1.807) is 18.2 Å². The highest BCUT2D eigenvalue weighted by atomic mass is 32.2. The molecule has 0 fully saturated rings. The van der Waals surface area contributed by atoms with Gasteiger partial charge in [-0.25, -0.2) is 8.42 Å². The van der Waals surface area contributed by atoms with E-state index in [0.29, 0.717) is 0 Å². The summed E-state index contributed by atoms with van der Waals surface area (Å²) in [6.07, 6.45) is 0. The van der Waals surface area contributed by atoms with Crippen LogP contribution in [0.2, 0.25) is 0 Å². The van der Waals surface area contributed by atoms with E-state index in [4.69, 9.17) is 4.55 Å². The van der Waals surface area contributed by atoms with Crippen molar-refractivity contribution in [3.05, 3.63) is 89.0 Å². The maximum absolute atomic E-state index is 12.8. The zero-order chi connectivity index (χ0) is 21.7. The lowest BCUT2D eigenvalue weighted by Crippen LogP contribution is -2.22. The van der Waals surface area contributed by atoms with Gasteiger partial charge in [-0.3, -0.25) is 18.9 Å². The van der Waals surface area contributed by atoms with Crippen molar-refractivity contribution >= 4 is 37.4 Å². The molecular weight excluding hydrogens is 430 g/mol. The molecule has 1 aliphatic rings. The summed E-state index contributed by atoms with van der Waals surface area (Å²) in [4.78, 5) is 24.8. The third-order valence-corrected chi connectivity index (χ3v) is 6.86. The first-order chi connectivity index (χ1) is 14.1. The number of anilines is 1. The predicted octanol–water partition coefficient (Wildman–Crippen LogP) is 2.51. The van der Waals surface area contributed by atoms with E-state index in [0.717, 1.165) is 18.2 Å². The second-order valence-electron chi connectivity index (χ2n) is 6.52. The van der Waals surface area contributed by atoms with Crippen LogP contribution >= 0.6 is 0 Å². The molecule has 1 aliphatic carbocycles.